The Morgan fingerprint density at radius 1 is 1.50 bits per heavy atom. The summed E-state index contributed by atoms with van der Waals surface area (Å²) in [4.78, 5) is 0.167. The molecule has 1 rings (SSSR count). The molecule has 0 unspecified atom stereocenters. The number of hydrogen-bond donors (Lipinski definition) is 2. The Morgan fingerprint density at radius 2 is 2.21 bits per heavy atom. The minimum atomic E-state index is -0.383. The van der Waals surface area contributed by atoms with Crippen LogP contribution in [-0.4, -0.2) is 17.0 Å². The van der Waals surface area contributed by atoms with Crippen LogP contribution in [0.4, 0.5) is 0 Å². The lowest BCUT2D eigenvalue weighted by molar-refractivity contribution is -0.463. The van der Waals surface area contributed by atoms with Gasteiger partial charge in [0.1, 0.15) is 0 Å². The first-order valence-electron chi connectivity index (χ1n) is 3.74. The smallest absolute Gasteiger partial charge is 0.366 e. The Kier molecular flexibility index (Phi) is 3.69. The molecule has 0 aliphatic rings. The van der Waals surface area contributed by atoms with Gasteiger partial charge in [-0.15, -0.1) is 9.95 Å². The normalized spacial score (nSPS) is 10.4. The first kappa shape index (κ1) is 10.8. The number of benzene rings is 1. The lowest BCUT2D eigenvalue weighted by Gasteiger charge is -2.02. The van der Waals surface area contributed by atoms with E-state index in [4.69, 9.17) is 11.5 Å². The van der Waals surface area contributed by atoms with Crippen molar-refractivity contribution in [3.05, 3.63) is 38.6 Å². The van der Waals surface area contributed by atoms with Crippen molar-refractivity contribution in [2.24, 2.45) is 16.6 Å². The van der Waals surface area contributed by atoms with Gasteiger partial charge in [-0.25, -0.2) is 0 Å². The van der Waals surface area contributed by atoms with Crippen LogP contribution in [-0.2, 0) is 0 Å². The minimum absolute atomic E-state index is 0.167. The number of guanidine groups is 1. The molecule has 0 saturated carbocycles. The summed E-state index contributed by atoms with van der Waals surface area (Å²) >= 11 is 2.17. The molecular weight excluding hydrogens is 295 g/mol. The maximum absolute atomic E-state index is 10.8. The van der Waals surface area contributed by atoms with Crippen LogP contribution >= 0.6 is 22.6 Å². The third-order valence-corrected chi connectivity index (χ3v) is 2.05. The Hall–Kier alpha value is -1.31. The molecule has 0 heterocycles. The van der Waals surface area contributed by atoms with Crippen LogP contribution in [0.25, 0.3) is 0 Å². The van der Waals surface area contributed by atoms with E-state index in [2.05, 4.69) is 27.7 Å². The molecule has 5 nitrogen and oxygen atoms in total. The van der Waals surface area contributed by atoms with Gasteiger partial charge in [0.15, 0.2) is 0 Å². The molecule has 0 amide bonds. The largest absolute Gasteiger partial charge is 0.722 e. The van der Waals surface area contributed by atoms with E-state index in [1.165, 1.54) is 6.21 Å². The van der Waals surface area contributed by atoms with Crippen LogP contribution in [0.3, 0.4) is 0 Å². The standard InChI is InChI=1S/C8H9IN4O/c9-7-3-1-2-6(4-7)5-12-13(14)8(10)11/h1-5H,10-11H2. The first-order chi connectivity index (χ1) is 6.59. The van der Waals surface area contributed by atoms with E-state index < -0.39 is 0 Å². The fraction of sp³-hybridized carbons (Fsp3) is 0. The number of nitrogens with two attached hydrogens (primary N) is 2. The van der Waals surface area contributed by atoms with Gasteiger partial charge in [-0.1, -0.05) is 12.1 Å². The summed E-state index contributed by atoms with van der Waals surface area (Å²) in [5, 5.41) is 14.3. The topological polar surface area (TPSA) is 90.5 Å². The second-order valence-corrected chi connectivity index (χ2v) is 3.74. The summed E-state index contributed by atoms with van der Waals surface area (Å²) in [5.41, 5.74) is 10.9. The highest BCUT2D eigenvalue weighted by Crippen LogP contribution is 2.05. The SMILES string of the molecule is NC(N)=[N+]([O-])N=Cc1cccc(I)c1. The third kappa shape index (κ3) is 3.21. The molecule has 0 fully saturated rings. The lowest BCUT2D eigenvalue weighted by Crippen LogP contribution is -2.30. The van der Waals surface area contributed by atoms with E-state index in [9.17, 15) is 5.21 Å². The van der Waals surface area contributed by atoms with Crippen LogP contribution in [0.1, 0.15) is 5.56 Å². The summed E-state index contributed by atoms with van der Waals surface area (Å²) in [6, 6.07) is 7.51. The average Bonchev–Trinajstić information content (AvgIpc) is 2.14. The summed E-state index contributed by atoms with van der Waals surface area (Å²) in [6.45, 7) is 0. The Bertz CT molecular complexity index is 385. The predicted octanol–water partition coefficient (Wildman–Crippen LogP) is 0.409. The lowest BCUT2D eigenvalue weighted by atomic mass is 10.2. The fourth-order valence-electron chi connectivity index (χ4n) is 0.773. The molecule has 74 valence electrons. The van der Waals surface area contributed by atoms with Gasteiger partial charge in [-0.05, 0) is 40.3 Å². The van der Waals surface area contributed by atoms with E-state index in [-0.39, 0.29) is 10.8 Å². The van der Waals surface area contributed by atoms with Gasteiger partial charge in [0, 0.05) is 3.57 Å². The van der Waals surface area contributed by atoms with Crippen LogP contribution in [0, 0.1) is 8.78 Å². The van der Waals surface area contributed by atoms with Gasteiger partial charge in [0.25, 0.3) is 0 Å². The molecule has 1 aromatic rings. The van der Waals surface area contributed by atoms with Crippen molar-refractivity contribution >= 4 is 34.8 Å². The van der Waals surface area contributed by atoms with Crippen molar-refractivity contribution in [3.63, 3.8) is 0 Å². The van der Waals surface area contributed by atoms with E-state index in [0.717, 1.165) is 9.13 Å². The molecule has 0 aliphatic heterocycles. The molecule has 0 spiro atoms. The molecule has 6 heteroatoms. The fourth-order valence-corrected chi connectivity index (χ4v) is 1.34. The first-order valence-corrected chi connectivity index (χ1v) is 4.82. The van der Waals surface area contributed by atoms with Crippen molar-refractivity contribution in [1.82, 2.24) is 0 Å². The van der Waals surface area contributed by atoms with Gasteiger partial charge < -0.3 is 5.21 Å². The van der Waals surface area contributed by atoms with E-state index >= 15 is 0 Å². The highest BCUT2D eigenvalue weighted by Gasteiger charge is 1.91. The van der Waals surface area contributed by atoms with Crippen LogP contribution in [0.5, 0.6) is 0 Å². The van der Waals surface area contributed by atoms with Gasteiger partial charge in [-0.2, -0.15) is 0 Å². The van der Waals surface area contributed by atoms with Crippen LogP contribution in [0.2, 0.25) is 0 Å². The molecule has 0 atom stereocenters. The zero-order chi connectivity index (χ0) is 10.6. The number of hydrogen-bond acceptors (Lipinski definition) is 2. The molecule has 14 heavy (non-hydrogen) atoms. The van der Waals surface area contributed by atoms with Crippen LogP contribution in [0.15, 0.2) is 29.4 Å². The van der Waals surface area contributed by atoms with Gasteiger partial charge >= 0.3 is 5.96 Å². The Morgan fingerprint density at radius 3 is 2.79 bits per heavy atom. The van der Waals surface area contributed by atoms with Crippen molar-refractivity contribution in [2.45, 2.75) is 0 Å². The van der Waals surface area contributed by atoms with Crippen molar-refractivity contribution < 1.29 is 4.85 Å². The molecular formula is C8H9IN4O. The quantitative estimate of drug-likeness (QED) is 0.207. The molecule has 0 saturated heterocycles. The second kappa shape index (κ2) is 4.80. The van der Waals surface area contributed by atoms with E-state index in [1.807, 2.05) is 24.3 Å². The molecule has 1 aromatic carbocycles. The molecule has 4 N–H and O–H groups in total. The van der Waals surface area contributed by atoms with Gasteiger partial charge in [0.2, 0.25) is 0 Å². The summed E-state index contributed by atoms with van der Waals surface area (Å²) < 4.78 is 1.06. The van der Waals surface area contributed by atoms with E-state index in [1.54, 1.807) is 0 Å². The van der Waals surface area contributed by atoms with Crippen molar-refractivity contribution in [3.8, 4) is 0 Å². The number of halogens is 1. The molecule has 0 aliphatic carbocycles. The molecule has 0 bridgehead atoms. The van der Waals surface area contributed by atoms with Crippen molar-refractivity contribution in [2.75, 3.05) is 0 Å². The monoisotopic (exact) mass is 304 g/mol. The summed E-state index contributed by atoms with van der Waals surface area (Å²) in [5.74, 6) is -0.383. The highest BCUT2D eigenvalue weighted by atomic mass is 127. The average molecular weight is 304 g/mol. The minimum Gasteiger partial charge on any atom is -0.722 e. The molecule has 0 aromatic heterocycles. The summed E-state index contributed by atoms with van der Waals surface area (Å²) in [6.07, 6.45) is 1.40. The Labute approximate surface area is 94.8 Å². The highest BCUT2D eigenvalue weighted by molar-refractivity contribution is 14.1. The zero-order valence-electron chi connectivity index (χ0n) is 7.22. The third-order valence-electron chi connectivity index (χ3n) is 1.38. The second-order valence-electron chi connectivity index (χ2n) is 2.50. The molecule has 0 radical (unpaired) electrons. The van der Waals surface area contributed by atoms with Gasteiger partial charge in [-0.3, -0.25) is 11.5 Å². The van der Waals surface area contributed by atoms with Crippen molar-refractivity contribution in [1.29, 1.82) is 0 Å². The summed E-state index contributed by atoms with van der Waals surface area (Å²) in [7, 11) is 0. The maximum atomic E-state index is 10.8. The van der Waals surface area contributed by atoms with Crippen LogP contribution < -0.4 is 11.5 Å². The van der Waals surface area contributed by atoms with Gasteiger partial charge in [0.05, 0.1) is 6.21 Å². The van der Waals surface area contributed by atoms with E-state index in [0.29, 0.717) is 0 Å². The number of nitrogens with zero attached hydrogens (tertiary/aromatic N) is 2. The number of rotatable bonds is 2. The predicted molar refractivity (Wildman–Crippen MR) is 63.8 cm³/mol. The zero-order valence-corrected chi connectivity index (χ0v) is 9.38. The number of hydrazone groups is 1. The maximum Gasteiger partial charge on any atom is 0.366 e. The Balaban J connectivity index is 2.84.